The molecule has 0 saturated carbocycles. The Hall–Kier alpha value is -2.03. The Kier molecular flexibility index (Phi) is 7.44. The van der Waals surface area contributed by atoms with E-state index < -0.39 is 0 Å². The minimum absolute atomic E-state index is 0.0987. The first kappa shape index (κ1) is 22.7. The number of carbonyl (C=O) groups excluding carboxylic acids is 1. The lowest BCUT2D eigenvalue weighted by Gasteiger charge is -2.15. The van der Waals surface area contributed by atoms with Gasteiger partial charge in [-0.2, -0.15) is 0 Å². The third kappa shape index (κ3) is 5.36. The molecule has 30 heavy (non-hydrogen) atoms. The molecule has 1 heterocycles. The van der Waals surface area contributed by atoms with Gasteiger partial charge in [0.1, 0.15) is 5.75 Å². The van der Waals surface area contributed by atoms with Gasteiger partial charge in [-0.3, -0.25) is 4.79 Å². The van der Waals surface area contributed by atoms with Gasteiger partial charge in [-0.15, -0.1) is 10.2 Å². The van der Waals surface area contributed by atoms with Gasteiger partial charge in [-0.1, -0.05) is 51.4 Å². The fraction of sp³-hybridized carbons (Fsp3) is 0.286. The maximum Gasteiger partial charge on any atom is 0.234 e. The third-order valence-electron chi connectivity index (χ3n) is 4.47. The van der Waals surface area contributed by atoms with Gasteiger partial charge in [0.2, 0.25) is 5.91 Å². The molecule has 0 bridgehead atoms. The number of halogens is 2. The molecule has 1 amide bonds. The number of benzene rings is 2. The molecule has 0 saturated heterocycles. The van der Waals surface area contributed by atoms with Crippen molar-refractivity contribution in [3.63, 3.8) is 0 Å². The molecule has 1 N–H and O–H groups in total. The van der Waals surface area contributed by atoms with Gasteiger partial charge in [0, 0.05) is 17.2 Å². The first-order valence-electron chi connectivity index (χ1n) is 9.26. The van der Waals surface area contributed by atoms with E-state index in [1.165, 1.54) is 11.8 Å². The lowest BCUT2D eigenvalue weighted by molar-refractivity contribution is -0.113. The molecule has 2 aromatic carbocycles. The van der Waals surface area contributed by atoms with Crippen molar-refractivity contribution in [3.8, 4) is 5.75 Å². The summed E-state index contributed by atoms with van der Waals surface area (Å²) in [5, 5.41) is 12.6. The minimum atomic E-state index is -0.348. The van der Waals surface area contributed by atoms with Crippen molar-refractivity contribution in [1.29, 1.82) is 0 Å². The molecule has 1 atom stereocenters. The first-order chi connectivity index (χ1) is 14.3. The highest BCUT2D eigenvalue weighted by atomic mass is 79.9. The molecule has 0 aliphatic carbocycles. The van der Waals surface area contributed by atoms with E-state index in [4.69, 9.17) is 16.3 Å². The van der Waals surface area contributed by atoms with Crippen molar-refractivity contribution in [2.24, 2.45) is 7.05 Å². The Bertz CT molecular complexity index is 1050. The van der Waals surface area contributed by atoms with Gasteiger partial charge in [-0.05, 0) is 56.2 Å². The molecule has 0 aliphatic heterocycles. The van der Waals surface area contributed by atoms with Gasteiger partial charge in [0.05, 0.1) is 10.8 Å². The maximum atomic E-state index is 12.5. The fourth-order valence-electron chi connectivity index (χ4n) is 3.00. The number of aromatic nitrogens is 3. The maximum absolute atomic E-state index is 12.5. The van der Waals surface area contributed by atoms with Crippen LogP contribution in [0.2, 0.25) is 5.02 Å². The summed E-state index contributed by atoms with van der Waals surface area (Å²) >= 11 is 11.0. The van der Waals surface area contributed by atoms with Crippen LogP contribution in [0.25, 0.3) is 0 Å². The summed E-state index contributed by atoms with van der Waals surface area (Å²) in [7, 11) is 1.85. The molecule has 0 aliphatic rings. The van der Waals surface area contributed by atoms with E-state index in [0.29, 0.717) is 21.8 Å². The van der Waals surface area contributed by atoms with Gasteiger partial charge in [-0.25, -0.2) is 0 Å². The van der Waals surface area contributed by atoms with Crippen LogP contribution in [-0.2, 0) is 11.8 Å². The van der Waals surface area contributed by atoms with E-state index in [0.717, 1.165) is 21.3 Å². The van der Waals surface area contributed by atoms with E-state index in [1.807, 2.05) is 56.7 Å². The summed E-state index contributed by atoms with van der Waals surface area (Å²) in [6.07, 6.45) is -0.348. The molecule has 9 heteroatoms. The largest absolute Gasteiger partial charge is 0.481 e. The summed E-state index contributed by atoms with van der Waals surface area (Å²) in [6.45, 7) is 5.82. The predicted molar refractivity (Wildman–Crippen MR) is 124 cm³/mol. The molecule has 0 spiro atoms. The van der Waals surface area contributed by atoms with Crippen LogP contribution in [0.15, 0.2) is 46.0 Å². The SMILES string of the molecule is Cc1cc(Br)cc(C)c1NC(=O)CSc1nnc([C@H](C)Oc2ccccc2Cl)n1C. The Morgan fingerprint density at radius 2 is 1.93 bits per heavy atom. The highest BCUT2D eigenvalue weighted by Gasteiger charge is 2.19. The average molecular weight is 510 g/mol. The monoisotopic (exact) mass is 508 g/mol. The summed E-state index contributed by atoms with van der Waals surface area (Å²) in [4.78, 5) is 12.5. The Balaban J connectivity index is 1.62. The lowest BCUT2D eigenvalue weighted by Crippen LogP contribution is -2.16. The number of nitrogens with one attached hydrogen (secondary N) is 1. The van der Waals surface area contributed by atoms with E-state index in [9.17, 15) is 4.79 Å². The molecule has 0 radical (unpaired) electrons. The molecular formula is C21H22BrClN4O2S. The number of nitrogens with zero attached hydrogens (tertiary/aromatic N) is 3. The van der Waals surface area contributed by atoms with Crippen LogP contribution >= 0.6 is 39.3 Å². The van der Waals surface area contributed by atoms with Crippen LogP contribution in [-0.4, -0.2) is 26.4 Å². The highest BCUT2D eigenvalue weighted by molar-refractivity contribution is 9.10. The van der Waals surface area contributed by atoms with Crippen molar-refractivity contribution in [2.45, 2.75) is 32.0 Å². The number of rotatable bonds is 7. The Morgan fingerprint density at radius 3 is 2.60 bits per heavy atom. The van der Waals surface area contributed by atoms with Gasteiger partial charge in [0.15, 0.2) is 17.1 Å². The van der Waals surface area contributed by atoms with E-state index in [1.54, 1.807) is 12.1 Å². The average Bonchev–Trinajstić information content (AvgIpc) is 3.05. The van der Waals surface area contributed by atoms with Crippen LogP contribution in [0.1, 0.15) is 30.0 Å². The molecule has 3 rings (SSSR count). The molecule has 0 fully saturated rings. The summed E-state index contributed by atoms with van der Waals surface area (Å²) < 4.78 is 8.74. The van der Waals surface area contributed by atoms with Crippen LogP contribution < -0.4 is 10.1 Å². The molecule has 0 unspecified atom stereocenters. The zero-order chi connectivity index (χ0) is 21.8. The summed E-state index contributed by atoms with van der Waals surface area (Å²) in [5.74, 6) is 1.36. The fourth-order valence-corrected chi connectivity index (χ4v) is 4.59. The number of hydrogen-bond donors (Lipinski definition) is 1. The third-order valence-corrected chi connectivity index (χ3v) is 6.26. The van der Waals surface area contributed by atoms with Crippen LogP contribution in [0.5, 0.6) is 5.75 Å². The van der Waals surface area contributed by atoms with Crippen LogP contribution in [0.4, 0.5) is 5.69 Å². The Morgan fingerprint density at radius 1 is 1.27 bits per heavy atom. The number of thioether (sulfide) groups is 1. The van der Waals surface area contributed by atoms with Gasteiger partial charge in [0.25, 0.3) is 0 Å². The molecule has 1 aromatic heterocycles. The normalized spacial score (nSPS) is 11.9. The van der Waals surface area contributed by atoms with E-state index >= 15 is 0 Å². The smallest absolute Gasteiger partial charge is 0.234 e. The van der Waals surface area contributed by atoms with Crippen LogP contribution in [0, 0.1) is 13.8 Å². The number of hydrogen-bond acceptors (Lipinski definition) is 5. The van der Waals surface area contributed by atoms with Crippen molar-refractivity contribution >= 4 is 50.9 Å². The second-order valence-corrected chi connectivity index (χ2v) is 9.11. The standard InChI is InChI=1S/C21H22BrClN4O2S/c1-12-9-15(22)10-13(2)19(12)24-18(28)11-30-21-26-25-20(27(21)4)14(3)29-17-8-6-5-7-16(17)23/h5-10,14H,11H2,1-4H3,(H,24,28)/t14-/m0/s1. The second kappa shape index (κ2) is 9.85. The molecular weight excluding hydrogens is 488 g/mol. The Labute approximate surface area is 193 Å². The molecule has 158 valence electrons. The molecule has 6 nitrogen and oxygen atoms in total. The number of amides is 1. The molecule has 3 aromatic rings. The number of carbonyl (C=O) groups is 1. The van der Waals surface area contributed by atoms with Crippen molar-refractivity contribution < 1.29 is 9.53 Å². The zero-order valence-electron chi connectivity index (χ0n) is 17.1. The van der Waals surface area contributed by atoms with Crippen molar-refractivity contribution in [2.75, 3.05) is 11.1 Å². The zero-order valence-corrected chi connectivity index (χ0v) is 20.2. The second-order valence-electron chi connectivity index (χ2n) is 6.84. The summed E-state index contributed by atoms with van der Waals surface area (Å²) in [5.41, 5.74) is 2.85. The van der Waals surface area contributed by atoms with E-state index in [2.05, 4.69) is 31.4 Å². The van der Waals surface area contributed by atoms with E-state index in [-0.39, 0.29) is 17.8 Å². The van der Waals surface area contributed by atoms with Gasteiger partial charge < -0.3 is 14.6 Å². The summed E-state index contributed by atoms with van der Waals surface area (Å²) in [6, 6.07) is 11.2. The van der Waals surface area contributed by atoms with Crippen LogP contribution in [0.3, 0.4) is 0 Å². The lowest BCUT2D eigenvalue weighted by atomic mass is 10.1. The number of aryl methyl sites for hydroxylation is 2. The quantitative estimate of drug-likeness (QED) is 0.413. The topological polar surface area (TPSA) is 69.0 Å². The number of anilines is 1. The highest BCUT2D eigenvalue weighted by Crippen LogP contribution is 2.29. The predicted octanol–water partition coefficient (Wildman–Crippen LogP) is 5.72. The number of ether oxygens (including phenoxy) is 1. The first-order valence-corrected chi connectivity index (χ1v) is 11.4. The number of para-hydroxylation sites is 1. The van der Waals surface area contributed by atoms with Gasteiger partial charge >= 0.3 is 0 Å². The minimum Gasteiger partial charge on any atom is -0.481 e. The van der Waals surface area contributed by atoms with Crippen molar-refractivity contribution in [3.05, 3.63) is 62.8 Å². The van der Waals surface area contributed by atoms with Crippen molar-refractivity contribution in [1.82, 2.24) is 14.8 Å².